The van der Waals surface area contributed by atoms with Crippen LogP contribution in [0.25, 0.3) is 22.2 Å². The number of nitrogens with one attached hydrogen (secondary N) is 1. The SMILES string of the molecule is CC(C)S(=O)(=O)c1ccc2nc(-c3cccc(C(F)(F)F)c3)c(CN3CCC(N4CCOCC4)CC3)c(C(=O)NC(c3ccccc3)C(F)(F)F)c2c1. The van der Waals surface area contributed by atoms with Crippen molar-refractivity contribution in [3.05, 3.63) is 95.1 Å². The van der Waals surface area contributed by atoms with E-state index in [4.69, 9.17) is 9.72 Å². The van der Waals surface area contributed by atoms with Crippen molar-refractivity contribution in [2.24, 2.45) is 0 Å². The maximum atomic E-state index is 14.6. The van der Waals surface area contributed by atoms with Crippen LogP contribution in [0.15, 0.2) is 77.7 Å². The summed E-state index contributed by atoms with van der Waals surface area (Å²) in [5.41, 5.74) is -1.39. The predicted molar refractivity (Wildman–Crippen MR) is 188 cm³/mol. The van der Waals surface area contributed by atoms with Crippen LogP contribution in [0.4, 0.5) is 26.3 Å². The molecule has 4 aromatic rings. The van der Waals surface area contributed by atoms with Gasteiger partial charge < -0.3 is 10.1 Å². The summed E-state index contributed by atoms with van der Waals surface area (Å²) in [7, 11) is -3.93. The number of hydrogen-bond acceptors (Lipinski definition) is 7. The molecule has 0 bridgehead atoms. The second-order valence-corrected chi connectivity index (χ2v) is 16.2. The Morgan fingerprint density at radius 1 is 0.906 bits per heavy atom. The van der Waals surface area contributed by atoms with Crippen LogP contribution in [0.3, 0.4) is 0 Å². The molecule has 0 saturated carbocycles. The number of alkyl halides is 6. The first-order valence-electron chi connectivity index (χ1n) is 17.4. The van der Waals surface area contributed by atoms with Crippen LogP contribution in [0.1, 0.15) is 59.8 Å². The van der Waals surface area contributed by atoms with Gasteiger partial charge in [0, 0.05) is 42.2 Å². The number of fused-ring (bicyclic) bond motifs is 1. The van der Waals surface area contributed by atoms with E-state index in [1.54, 1.807) is 0 Å². The van der Waals surface area contributed by atoms with Crippen molar-refractivity contribution in [1.82, 2.24) is 20.1 Å². The molecule has 1 atom stereocenters. The van der Waals surface area contributed by atoms with E-state index in [1.807, 2.05) is 4.90 Å². The fraction of sp³-hybridized carbons (Fsp3) is 0.421. The van der Waals surface area contributed by atoms with E-state index < -0.39 is 45.0 Å². The summed E-state index contributed by atoms with van der Waals surface area (Å²) in [4.78, 5) is 23.4. The van der Waals surface area contributed by atoms with Gasteiger partial charge in [0.25, 0.3) is 5.91 Å². The molecule has 53 heavy (non-hydrogen) atoms. The Balaban J connectivity index is 1.54. The molecule has 2 fully saturated rings. The lowest BCUT2D eigenvalue weighted by molar-refractivity contribution is -0.155. The molecule has 1 aromatic heterocycles. The molecule has 1 amide bonds. The summed E-state index contributed by atoms with van der Waals surface area (Å²) in [6.07, 6.45) is -8.17. The Bertz CT molecular complexity index is 2040. The number of morpholine rings is 1. The number of carbonyl (C=O) groups excluding carboxylic acids is 1. The van der Waals surface area contributed by atoms with Crippen LogP contribution in [0.2, 0.25) is 0 Å². The van der Waals surface area contributed by atoms with E-state index in [1.165, 1.54) is 74.5 Å². The van der Waals surface area contributed by atoms with Crippen LogP contribution in [-0.2, 0) is 27.3 Å². The maximum absolute atomic E-state index is 14.6. The minimum atomic E-state index is -4.93. The van der Waals surface area contributed by atoms with Gasteiger partial charge in [0.05, 0.1) is 45.7 Å². The standard InChI is InChI=1S/C38H40F6N4O4S/c1-24(2)53(50,51)29-11-12-32-30(22-29)33(36(49)46-35(38(42,43)44)25-7-4-3-5-8-25)31(34(45-32)26-9-6-10-27(21-26)37(39,40)41)23-47-15-13-28(14-16-47)48-17-19-52-20-18-48/h3-12,21-22,24,28,35H,13-20,23H2,1-2H3,(H,46,49). The Morgan fingerprint density at radius 2 is 1.58 bits per heavy atom. The molecule has 8 nitrogen and oxygen atoms in total. The van der Waals surface area contributed by atoms with Crippen molar-refractivity contribution in [1.29, 1.82) is 0 Å². The number of likely N-dealkylation sites (tertiary alicyclic amines) is 1. The normalized spacial score (nSPS) is 17.7. The molecule has 3 aromatic carbocycles. The molecule has 0 aliphatic carbocycles. The number of halogens is 6. The van der Waals surface area contributed by atoms with E-state index in [0.717, 1.165) is 38.1 Å². The second-order valence-electron chi connectivity index (χ2n) is 13.7. The quantitative estimate of drug-likeness (QED) is 0.178. The molecule has 1 unspecified atom stereocenters. The molecule has 284 valence electrons. The molecule has 3 heterocycles. The van der Waals surface area contributed by atoms with Gasteiger partial charge in [-0.3, -0.25) is 14.6 Å². The zero-order valence-electron chi connectivity index (χ0n) is 29.2. The Kier molecular flexibility index (Phi) is 11.2. The summed E-state index contributed by atoms with van der Waals surface area (Å²) in [6, 6.07) is 12.8. The van der Waals surface area contributed by atoms with Gasteiger partial charge in [-0.2, -0.15) is 26.3 Å². The molecule has 0 spiro atoms. The zero-order chi connectivity index (χ0) is 38.1. The molecule has 2 saturated heterocycles. The summed E-state index contributed by atoms with van der Waals surface area (Å²) in [5, 5.41) is 1.25. The Hall–Kier alpha value is -4.05. The Labute approximate surface area is 304 Å². The number of nitrogens with zero attached hydrogens (tertiary/aromatic N) is 3. The molecule has 2 aliphatic rings. The van der Waals surface area contributed by atoms with Crippen LogP contribution in [0.5, 0.6) is 0 Å². The zero-order valence-corrected chi connectivity index (χ0v) is 30.0. The number of carbonyl (C=O) groups is 1. The van der Waals surface area contributed by atoms with Crippen LogP contribution >= 0.6 is 0 Å². The first-order chi connectivity index (χ1) is 25.0. The lowest BCUT2D eigenvalue weighted by Gasteiger charge is -2.40. The van der Waals surface area contributed by atoms with Gasteiger partial charge in [0.2, 0.25) is 0 Å². The summed E-state index contributed by atoms with van der Waals surface area (Å²) >= 11 is 0. The maximum Gasteiger partial charge on any atom is 0.416 e. The highest BCUT2D eigenvalue weighted by molar-refractivity contribution is 7.92. The summed E-state index contributed by atoms with van der Waals surface area (Å²) in [6.45, 7) is 6.77. The fourth-order valence-corrected chi connectivity index (χ4v) is 8.12. The smallest absolute Gasteiger partial charge is 0.379 e. The van der Waals surface area contributed by atoms with Gasteiger partial charge >= 0.3 is 12.4 Å². The first-order valence-corrected chi connectivity index (χ1v) is 18.9. The number of hydrogen-bond donors (Lipinski definition) is 1. The summed E-state index contributed by atoms with van der Waals surface area (Å²) in [5.74, 6) is -1.17. The number of pyridine rings is 1. The van der Waals surface area contributed by atoms with Gasteiger partial charge in [-0.05, 0) is 75.7 Å². The minimum absolute atomic E-state index is 0.00304. The average molecular weight is 763 g/mol. The van der Waals surface area contributed by atoms with E-state index in [9.17, 15) is 39.6 Å². The van der Waals surface area contributed by atoms with Crippen LogP contribution < -0.4 is 5.32 Å². The van der Waals surface area contributed by atoms with Crippen molar-refractivity contribution in [2.75, 3.05) is 39.4 Å². The molecular formula is C38H40F6N4O4S. The largest absolute Gasteiger partial charge is 0.416 e. The number of rotatable bonds is 9. The predicted octanol–water partition coefficient (Wildman–Crippen LogP) is 7.43. The van der Waals surface area contributed by atoms with Crippen molar-refractivity contribution < 1.29 is 44.3 Å². The average Bonchev–Trinajstić information content (AvgIpc) is 3.13. The third-order valence-corrected chi connectivity index (χ3v) is 12.1. The fourth-order valence-electron chi connectivity index (χ4n) is 7.04. The van der Waals surface area contributed by atoms with Gasteiger partial charge in [0.15, 0.2) is 15.9 Å². The first kappa shape index (κ1) is 38.7. The van der Waals surface area contributed by atoms with E-state index in [-0.39, 0.29) is 56.3 Å². The van der Waals surface area contributed by atoms with Crippen molar-refractivity contribution in [3.63, 3.8) is 0 Å². The minimum Gasteiger partial charge on any atom is -0.379 e. The number of ether oxygens (including phenoxy) is 1. The molecule has 2 aliphatic heterocycles. The number of piperidine rings is 1. The second kappa shape index (κ2) is 15.4. The number of aromatic nitrogens is 1. The van der Waals surface area contributed by atoms with Gasteiger partial charge in [-0.15, -0.1) is 0 Å². The molecule has 0 radical (unpaired) electrons. The highest BCUT2D eigenvalue weighted by Crippen LogP contribution is 2.38. The summed E-state index contributed by atoms with van der Waals surface area (Å²) < 4.78 is 118. The lowest BCUT2D eigenvalue weighted by atomic mass is 9.93. The topological polar surface area (TPSA) is 91.8 Å². The van der Waals surface area contributed by atoms with E-state index in [2.05, 4.69) is 10.2 Å². The molecule has 6 rings (SSSR count). The van der Waals surface area contributed by atoms with Crippen LogP contribution in [-0.4, -0.2) is 86.0 Å². The van der Waals surface area contributed by atoms with Crippen molar-refractivity contribution in [3.8, 4) is 11.3 Å². The third-order valence-electron chi connectivity index (χ3n) is 9.93. The van der Waals surface area contributed by atoms with Crippen molar-refractivity contribution >= 4 is 26.6 Å². The van der Waals surface area contributed by atoms with Gasteiger partial charge in [-0.1, -0.05) is 42.5 Å². The molecular weight excluding hydrogens is 722 g/mol. The Morgan fingerprint density at radius 3 is 2.21 bits per heavy atom. The van der Waals surface area contributed by atoms with Crippen LogP contribution in [0, 0.1) is 0 Å². The van der Waals surface area contributed by atoms with Gasteiger partial charge in [0.1, 0.15) is 0 Å². The van der Waals surface area contributed by atoms with Crippen molar-refractivity contribution in [2.45, 2.75) is 67.8 Å². The van der Waals surface area contributed by atoms with E-state index >= 15 is 0 Å². The number of sulfone groups is 1. The third kappa shape index (κ3) is 8.53. The molecule has 1 N–H and O–H groups in total. The number of amides is 1. The monoisotopic (exact) mass is 762 g/mol. The highest BCUT2D eigenvalue weighted by Gasteiger charge is 2.43. The van der Waals surface area contributed by atoms with E-state index in [0.29, 0.717) is 26.3 Å². The molecule has 15 heteroatoms. The van der Waals surface area contributed by atoms with Gasteiger partial charge in [-0.25, -0.2) is 13.4 Å². The number of benzene rings is 3. The highest BCUT2D eigenvalue weighted by atomic mass is 32.2. The lowest BCUT2D eigenvalue weighted by Crippen LogP contribution is -2.48.